The highest BCUT2D eigenvalue weighted by Crippen LogP contribution is 2.23. The van der Waals surface area contributed by atoms with Crippen LogP contribution in [0.2, 0.25) is 0 Å². The van der Waals surface area contributed by atoms with Gasteiger partial charge in [0.05, 0.1) is 0 Å². The topological polar surface area (TPSA) is 15.3 Å². The zero-order valence-electron chi connectivity index (χ0n) is 13.1. The first-order valence-corrected chi connectivity index (χ1v) is 7.30. The van der Waals surface area contributed by atoms with Crippen molar-refractivity contribution in [3.05, 3.63) is 0 Å². The molecule has 104 valence electrons. The molecular formula is C15H34N2. The van der Waals surface area contributed by atoms with E-state index in [1.54, 1.807) is 0 Å². The lowest BCUT2D eigenvalue weighted by Gasteiger charge is -2.37. The van der Waals surface area contributed by atoms with Crippen molar-refractivity contribution in [2.75, 3.05) is 26.7 Å². The summed E-state index contributed by atoms with van der Waals surface area (Å²) >= 11 is 0. The average molecular weight is 242 g/mol. The Morgan fingerprint density at radius 1 is 1.12 bits per heavy atom. The van der Waals surface area contributed by atoms with Crippen molar-refractivity contribution in [2.24, 2.45) is 11.3 Å². The molecule has 2 nitrogen and oxygen atoms in total. The van der Waals surface area contributed by atoms with Crippen LogP contribution in [0.25, 0.3) is 0 Å². The second-order valence-corrected chi connectivity index (χ2v) is 6.01. The molecule has 17 heavy (non-hydrogen) atoms. The summed E-state index contributed by atoms with van der Waals surface area (Å²) in [5.41, 5.74) is 0.330. The number of rotatable bonds is 9. The van der Waals surface area contributed by atoms with Crippen LogP contribution in [0.1, 0.15) is 54.4 Å². The Labute approximate surface area is 109 Å². The lowest BCUT2D eigenvalue weighted by Crippen LogP contribution is -2.46. The van der Waals surface area contributed by atoms with E-state index in [1.165, 1.54) is 25.9 Å². The van der Waals surface area contributed by atoms with Gasteiger partial charge < -0.3 is 10.2 Å². The third-order valence-corrected chi connectivity index (χ3v) is 4.35. The van der Waals surface area contributed by atoms with Gasteiger partial charge in [0.15, 0.2) is 0 Å². The number of hydrogen-bond donors (Lipinski definition) is 1. The smallest absolute Gasteiger partial charge is 0.00991 e. The fraction of sp³-hybridized carbons (Fsp3) is 1.00. The van der Waals surface area contributed by atoms with Crippen LogP contribution in [0, 0.1) is 11.3 Å². The van der Waals surface area contributed by atoms with Gasteiger partial charge in [0.25, 0.3) is 0 Å². The molecule has 0 aromatic heterocycles. The van der Waals surface area contributed by atoms with E-state index >= 15 is 0 Å². The molecule has 0 aliphatic heterocycles. The van der Waals surface area contributed by atoms with Crippen LogP contribution < -0.4 is 5.32 Å². The van der Waals surface area contributed by atoms with Crippen molar-refractivity contribution in [1.29, 1.82) is 0 Å². The van der Waals surface area contributed by atoms with Crippen molar-refractivity contribution in [3.63, 3.8) is 0 Å². The Morgan fingerprint density at radius 3 is 2.00 bits per heavy atom. The van der Waals surface area contributed by atoms with E-state index in [1.807, 2.05) is 0 Å². The molecule has 0 aromatic carbocycles. The summed E-state index contributed by atoms with van der Waals surface area (Å²) in [4.78, 5) is 2.62. The summed E-state index contributed by atoms with van der Waals surface area (Å²) in [7, 11) is 2.06. The molecule has 0 aliphatic rings. The number of hydrogen-bond acceptors (Lipinski definition) is 2. The molecule has 0 saturated heterocycles. The SMILES string of the molecule is CCC(CC)CN(CC)CC(C)(C)C(C)NC. The molecule has 0 aliphatic carbocycles. The second kappa shape index (κ2) is 8.10. The Hall–Kier alpha value is -0.0800. The molecule has 0 amide bonds. The Balaban J connectivity index is 4.38. The molecule has 0 radical (unpaired) electrons. The van der Waals surface area contributed by atoms with E-state index < -0.39 is 0 Å². The van der Waals surface area contributed by atoms with Gasteiger partial charge in [0.1, 0.15) is 0 Å². The lowest BCUT2D eigenvalue weighted by atomic mass is 9.84. The van der Waals surface area contributed by atoms with Crippen molar-refractivity contribution in [2.45, 2.75) is 60.4 Å². The summed E-state index contributed by atoms with van der Waals surface area (Å²) in [5, 5.41) is 3.39. The number of nitrogens with one attached hydrogen (secondary N) is 1. The van der Waals surface area contributed by atoms with Crippen LogP contribution in [-0.2, 0) is 0 Å². The highest BCUT2D eigenvalue weighted by atomic mass is 15.1. The normalized spacial score (nSPS) is 14.6. The van der Waals surface area contributed by atoms with Gasteiger partial charge in [-0.3, -0.25) is 0 Å². The van der Waals surface area contributed by atoms with Crippen LogP contribution in [-0.4, -0.2) is 37.6 Å². The largest absolute Gasteiger partial charge is 0.317 e. The lowest BCUT2D eigenvalue weighted by molar-refractivity contribution is 0.132. The predicted octanol–water partition coefficient (Wildman–Crippen LogP) is 3.38. The van der Waals surface area contributed by atoms with Crippen LogP contribution in [0.3, 0.4) is 0 Å². The first-order valence-electron chi connectivity index (χ1n) is 7.30. The zero-order valence-corrected chi connectivity index (χ0v) is 13.1. The van der Waals surface area contributed by atoms with E-state index in [-0.39, 0.29) is 0 Å². The third kappa shape index (κ3) is 5.87. The second-order valence-electron chi connectivity index (χ2n) is 6.01. The van der Waals surface area contributed by atoms with Gasteiger partial charge in [-0.15, -0.1) is 0 Å². The summed E-state index contributed by atoms with van der Waals surface area (Å²) < 4.78 is 0. The van der Waals surface area contributed by atoms with Crippen LogP contribution in [0.15, 0.2) is 0 Å². The van der Waals surface area contributed by atoms with E-state index in [0.29, 0.717) is 11.5 Å². The highest BCUT2D eigenvalue weighted by molar-refractivity contribution is 4.83. The molecule has 1 N–H and O–H groups in total. The van der Waals surface area contributed by atoms with Gasteiger partial charge >= 0.3 is 0 Å². The Kier molecular flexibility index (Phi) is 8.06. The van der Waals surface area contributed by atoms with E-state index in [0.717, 1.165) is 12.5 Å². The Bertz CT molecular complexity index is 185. The summed E-state index contributed by atoms with van der Waals surface area (Å²) in [6, 6.07) is 0.554. The minimum absolute atomic E-state index is 0.330. The molecule has 2 heteroatoms. The average Bonchev–Trinajstić information content (AvgIpc) is 2.32. The maximum absolute atomic E-state index is 3.39. The van der Waals surface area contributed by atoms with Crippen molar-refractivity contribution < 1.29 is 0 Å². The van der Waals surface area contributed by atoms with E-state index in [2.05, 4.69) is 58.8 Å². The molecular weight excluding hydrogens is 208 g/mol. The molecule has 0 fully saturated rings. The summed E-state index contributed by atoms with van der Waals surface area (Å²) in [6.45, 7) is 17.5. The van der Waals surface area contributed by atoms with Crippen LogP contribution >= 0.6 is 0 Å². The molecule has 0 heterocycles. The summed E-state index contributed by atoms with van der Waals surface area (Å²) in [6.07, 6.45) is 2.60. The number of nitrogens with zero attached hydrogens (tertiary/aromatic N) is 1. The molecule has 0 rings (SSSR count). The Morgan fingerprint density at radius 2 is 1.65 bits per heavy atom. The van der Waals surface area contributed by atoms with E-state index in [4.69, 9.17) is 0 Å². The molecule has 1 atom stereocenters. The fourth-order valence-electron chi connectivity index (χ4n) is 2.32. The first kappa shape index (κ1) is 16.9. The maximum Gasteiger partial charge on any atom is 0.00991 e. The van der Waals surface area contributed by atoms with Crippen molar-refractivity contribution in [3.8, 4) is 0 Å². The predicted molar refractivity (Wildman–Crippen MR) is 78.5 cm³/mol. The zero-order chi connectivity index (χ0) is 13.5. The van der Waals surface area contributed by atoms with Gasteiger partial charge in [0, 0.05) is 19.1 Å². The van der Waals surface area contributed by atoms with Gasteiger partial charge in [0.2, 0.25) is 0 Å². The van der Waals surface area contributed by atoms with Crippen molar-refractivity contribution >= 4 is 0 Å². The quantitative estimate of drug-likeness (QED) is 0.667. The molecule has 0 aromatic rings. The first-order chi connectivity index (χ1) is 7.91. The molecule has 1 unspecified atom stereocenters. The minimum atomic E-state index is 0.330. The maximum atomic E-state index is 3.39. The highest BCUT2D eigenvalue weighted by Gasteiger charge is 2.27. The van der Waals surface area contributed by atoms with Gasteiger partial charge in [-0.2, -0.15) is 0 Å². The van der Waals surface area contributed by atoms with Crippen LogP contribution in [0.5, 0.6) is 0 Å². The summed E-state index contributed by atoms with van der Waals surface area (Å²) in [5.74, 6) is 0.857. The fourth-order valence-corrected chi connectivity index (χ4v) is 2.32. The standard InChI is InChI=1S/C15H34N2/c1-8-14(9-2)11-17(10-3)12-15(5,6)13(4)16-7/h13-14,16H,8-12H2,1-7H3. The molecule has 0 saturated carbocycles. The van der Waals surface area contributed by atoms with Crippen molar-refractivity contribution in [1.82, 2.24) is 10.2 Å². The monoisotopic (exact) mass is 242 g/mol. The van der Waals surface area contributed by atoms with Gasteiger partial charge in [-0.25, -0.2) is 0 Å². The third-order valence-electron chi connectivity index (χ3n) is 4.35. The minimum Gasteiger partial charge on any atom is -0.317 e. The molecule has 0 spiro atoms. The molecule has 0 bridgehead atoms. The van der Waals surface area contributed by atoms with Crippen LogP contribution in [0.4, 0.5) is 0 Å². The van der Waals surface area contributed by atoms with Gasteiger partial charge in [-0.05, 0) is 31.8 Å². The van der Waals surface area contributed by atoms with E-state index in [9.17, 15) is 0 Å². The van der Waals surface area contributed by atoms with Gasteiger partial charge in [-0.1, -0.05) is 47.5 Å².